The first-order valence-corrected chi connectivity index (χ1v) is 3.54. The second-order valence-electron chi connectivity index (χ2n) is 2.74. The van der Waals surface area contributed by atoms with Crippen molar-refractivity contribution in [1.82, 2.24) is 0 Å². The van der Waals surface area contributed by atoms with E-state index in [0.29, 0.717) is 0 Å². The maximum Gasteiger partial charge on any atom is 0.419 e. The predicted octanol–water partition coefficient (Wildman–Crippen LogP) is 3.73. The van der Waals surface area contributed by atoms with Crippen LogP contribution in [0, 0.1) is 0 Å². The topological polar surface area (TPSA) is 0 Å². The molecular weight excluding hydrogens is 236 g/mol. The molecule has 1 atom stereocenters. The Hall–Kier alpha value is -0.820. The number of rotatable bonds is 4. The van der Waals surface area contributed by atoms with Crippen molar-refractivity contribution in [1.29, 1.82) is 0 Å². The van der Waals surface area contributed by atoms with Gasteiger partial charge in [-0.15, -0.1) is 0 Å². The lowest BCUT2D eigenvalue weighted by molar-refractivity contribution is -0.233. The molecule has 0 aliphatic carbocycles. The van der Waals surface area contributed by atoms with E-state index in [1.165, 1.54) is 0 Å². The molecule has 0 N–H and O–H groups in total. The van der Waals surface area contributed by atoms with E-state index in [4.69, 9.17) is 0 Å². The summed E-state index contributed by atoms with van der Waals surface area (Å²) in [6.07, 6.45) is -12.7. The average Bonchev–Trinajstić information content (AvgIpc) is 2.01. The molecule has 0 aliphatic heterocycles. The summed E-state index contributed by atoms with van der Waals surface area (Å²) in [4.78, 5) is 0. The Balaban J connectivity index is 4.72. The van der Waals surface area contributed by atoms with Gasteiger partial charge in [-0.2, -0.15) is 30.7 Å². The molecule has 15 heavy (non-hydrogen) atoms. The third-order valence-electron chi connectivity index (χ3n) is 1.53. The van der Waals surface area contributed by atoms with Crippen LogP contribution in [0.4, 0.5) is 35.1 Å². The highest BCUT2D eigenvalue weighted by Crippen LogP contribution is 2.41. The van der Waals surface area contributed by atoms with Gasteiger partial charge in [0.2, 0.25) is 6.17 Å². The lowest BCUT2D eigenvalue weighted by Gasteiger charge is -2.25. The van der Waals surface area contributed by atoms with Crippen LogP contribution in [-0.4, -0.2) is 24.2 Å². The first kappa shape index (κ1) is 14.2. The Bertz CT molecular complexity index is 228. The van der Waals surface area contributed by atoms with E-state index in [-0.39, 0.29) is 0 Å². The molecule has 0 rings (SSSR count). The zero-order valence-corrected chi connectivity index (χ0v) is 7.09. The minimum atomic E-state index is -5.58. The summed E-state index contributed by atoms with van der Waals surface area (Å²) < 4.78 is 96.0. The number of hydrogen-bond donors (Lipinski definition) is 0. The molecule has 0 spiro atoms. The van der Waals surface area contributed by atoms with Gasteiger partial charge < -0.3 is 0 Å². The summed E-state index contributed by atoms with van der Waals surface area (Å²) in [5.41, 5.74) is 0. The van der Waals surface area contributed by atoms with Gasteiger partial charge in [0.25, 0.3) is 0 Å². The molecule has 0 heterocycles. The Labute approximate surface area is 79.6 Å². The first-order chi connectivity index (χ1) is 6.44. The Morgan fingerprint density at radius 3 is 1.67 bits per heavy atom. The molecule has 0 radical (unpaired) electrons. The summed E-state index contributed by atoms with van der Waals surface area (Å²) in [7, 11) is 0. The van der Waals surface area contributed by atoms with Gasteiger partial charge in [-0.05, 0) is 6.08 Å². The molecule has 0 saturated heterocycles. The predicted molar refractivity (Wildman–Crippen MR) is 35.7 cm³/mol. The molecule has 0 aromatic rings. The highest BCUT2D eigenvalue weighted by Gasteiger charge is 2.58. The number of allylic oxidation sites excluding steroid dienone is 1. The van der Waals surface area contributed by atoms with Crippen molar-refractivity contribution in [3.63, 3.8) is 0 Å². The van der Waals surface area contributed by atoms with Gasteiger partial charge in [-0.25, -0.2) is 4.39 Å². The Morgan fingerprint density at radius 1 is 1.00 bits per heavy atom. The van der Waals surface area contributed by atoms with E-state index in [0.717, 1.165) is 0 Å². The van der Waals surface area contributed by atoms with Gasteiger partial charge in [0, 0.05) is 0 Å². The minimum Gasteiger partial charge on any atom is -0.237 e. The minimum absolute atomic E-state index is 0.518. The van der Waals surface area contributed by atoms with Gasteiger partial charge in [-0.3, -0.25) is 0 Å². The van der Waals surface area contributed by atoms with Crippen LogP contribution in [0.1, 0.15) is 6.42 Å². The van der Waals surface area contributed by atoms with Crippen LogP contribution in [0.15, 0.2) is 12.7 Å². The molecule has 0 bridgehead atoms. The van der Waals surface area contributed by atoms with Crippen LogP contribution >= 0.6 is 0 Å². The smallest absolute Gasteiger partial charge is 0.237 e. The van der Waals surface area contributed by atoms with Crippen molar-refractivity contribution >= 4 is 0 Å². The Kier molecular flexibility index (Phi) is 3.76. The van der Waals surface area contributed by atoms with Crippen molar-refractivity contribution in [2.24, 2.45) is 0 Å². The Morgan fingerprint density at radius 2 is 1.40 bits per heavy atom. The first-order valence-electron chi connectivity index (χ1n) is 3.54. The fourth-order valence-electron chi connectivity index (χ4n) is 0.626. The van der Waals surface area contributed by atoms with E-state index in [9.17, 15) is 35.1 Å². The molecular formula is C7H6F8. The van der Waals surface area contributed by atoms with Gasteiger partial charge >= 0.3 is 18.0 Å². The molecule has 1 unspecified atom stereocenters. The molecule has 90 valence electrons. The summed E-state index contributed by atoms with van der Waals surface area (Å²) in [5.74, 6) is -9.99. The second kappa shape index (κ2) is 3.97. The van der Waals surface area contributed by atoms with Crippen LogP contribution < -0.4 is 0 Å². The normalized spacial score (nSPS) is 16.3. The van der Waals surface area contributed by atoms with Crippen molar-refractivity contribution in [3.8, 4) is 0 Å². The fourth-order valence-corrected chi connectivity index (χ4v) is 0.626. The molecule has 0 aromatic carbocycles. The zero-order chi connectivity index (χ0) is 12.5. The molecule has 0 aliphatic rings. The van der Waals surface area contributed by atoms with Crippen LogP contribution in [0.5, 0.6) is 0 Å². The highest BCUT2D eigenvalue weighted by molar-refractivity contribution is 4.99. The monoisotopic (exact) mass is 242 g/mol. The molecule has 0 saturated carbocycles. The third kappa shape index (κ3) is 3.35. The summed E-state index contributed by atoms with van der Waals surface area (Å²) in [5, 5.41) is 0. The van der Waals surface area contributed by atoms with Gasteiger partial charge in [-0.1, -0.05) is 6.58 Å². The molecule has 8 heteroatoms. The van der Waals surface area contributed by atoms with Crippen LogP contribution in [0.3, 0.4) is 0 Å². The fraction of sp³-hybridized carbons (Fsp3) is 0.714. The largest absolute Gasteiger partial charge is 0.419 e. The number of hydrogen-bond acceptors (Lipinski definition) is 0. The molecule has 0 fully saturated rings. The SMILES string of the molecule is C=CC(F)(F)C(F)(F)CC(F)C(F)(F)F. The van der Waals surface area contributed by atoms with Gasteiger partial charge in [0.15, 0.2) is 0 Å². The third-order valence-corrected chi connectivity index (χ3v) is 1.53. The maximum absolute atomic E-state index is 12.4. The summed E-state index contributed by atoms with van der Waals surface area (Å²) in [6.45, 7) is 2.33. The lowest BCUT2D eigenvalue weighted by atomic mass is 10.1. The maximum atomic E-state index is 12.4. The average molecular weight is 242 g/mol. The van der Waals surface area contributed by atoms with E-state index in [2.05, 4.69) is 6.58 Å². The van der Waals surface area contributed by atoms with Crippen molar-refractivity contribution < 1.29 is 35.1 Å². The van der Waals surface area contributed by atoms with Crippen molar-refractivity contribution in [2.75, 3.05) is 0 Å². The van der Waals surface area contributed by atoms with Crippen LogP contribution in [0.25, 0.3) is 0 Å². The summed E-state index contributed by atoms with van der Waals surface area (Å²) >= 11 is 0. The lowest BCUT2D eigenvalue weighted by Crippen LogP contribution is -2.43. The number of halogens is 8. The van der Waals surface area contributed by atoms with E-state index >= 15 is 0 Å². The van der Waals surface area contributed by atoms with Crippen molar-refractivity contribution in [2.45, 2.75) is 30.6 Å². The number of alkyl halides is 8. The van der Waals surface area contributed by atoms with E-state index < -0.39 is 36.7 Å². The molecule has 0 aromatic heterocycles. The van der Waals surface area contributed by atoms with Crippen LogP contribution in [0.2, 0.25) is 0 Å². The van der Waals surface area contributed by atoms with Gasteiger partial charge in [0.1, 0.15) is 0 Å². The highest BCUT2D eigenvalue weighted by atomic mass is 19.4. The standard InChI is InChI=1S/C7H6F8/c1-2-5(9,10)6(11,12)3-4(8)7(13,14)15/h2,4H,1,3H2. The molecule has 0 nitrogen and oxygen atoms in total. The van der Waals surface area contributed by atoms with Crippen LogP contribution in [-0.2, 0) is 0 Å². The second-order valence-corrected chi connectivity index (χ2v) is 2.74. The van der Waals surface area contributed by atoms with E-state index in [1.807, 2.05) is 0 Å². The molecule has 0 amide bonds. The van der Waals surface area contributed by atoms with Gasteiger partial charge in [0.05, 0.1) is 6.42 Å². The zero-order valence-electron chi connectivity index (χ0n) is 7.09. The quantitative estimate of drug-likeness (QED) is 0.520. The summed E-state index contributed by atoms with van der Waals surface area (Å²) in [6, 6.07) is 0. The van der Waals surface area contributed by atoms with E-state index in [1.54, 1.807) is 0 Å². The van der Waals surface area contributed by atoms with Crippen molar-refractivity contribution in [3.05, 3.63) is 12.7 Å².